The SMILES string of the molecule is COc1ccc2[nH]c(C(=O)NC(C)c3ccc4c(c3)CCCC4)cc2c1. The Labute approximate surface area is 153 Å². The minimum absolute atomic E-state index is 0.0318. The van der Waals surface area contributed by atoms with Crippen LogP contribution < -0.4 is 10.1 Å². The molecule has 0 spiro atoms. The van der Waals surface area contributed by atoms with Gasteiger partial charge in [-0.3, -0.25) is 4.79 Å². The van der Waals surface area contributed by atoms with Crippen LogP contribution in [0.3, 0.4) is 0 Å². The molecule has 1 heterocycles. The minimum Gasteiger partial charge on any atom is -0.497 e. The molecular formula is C22H24N2O2. The molecule has 1 atom stereocenters. The van der Waals surface area contributed by atoms with Crippen molar-refractivity contribution in [2.24, 2.45) is 0 Å². The summed E-state index contributed by atoms with van der Waals surface area (Å²) in [6, 6.07) is 14.2. The molecule has 0 aliphatic heterocycles. The number of nitrogens with one attached hydrogen (secondary N) is 2. The number of amides is 1. The summed E-state index contributed by atoms with van der Waals surface area (Å²) < 4.78 is 5.25. The first-order chi connectivity index (χ1) is 12.6. The van der Waals surface area contributed by atoms with E-state index in [0.29, 0.717) is 5.69 Å². The molecule has 4 nitrogen and oxygen atoms in total. The summed E-state index contributed by atoms with van der Waals surface area (Å²) in [6.07, 6.45) is 4.86. The quantitative estimate of drug-likeness (QED) is 0.727. The van der Waals surface area contributed by atoms with Crippen molar-refractivity contribution >= 4 is 16.8 Å². The van der Waals surface area contributed by atoms with E-state index in [1.807, 2.05) is 31.2 Å². The van der Waals surface area contributed by atoms with Crippen LogP contribution in [0.15, 0.2) is 42.5 Å². The minimum atomic E-state index is -0.0922. The van der Waals surface area contributed by atoms with Gasteiger partial charge in [0.2, 0.25) is 0 Å². The fourth-order valence-corrected chi connectivity index (χ4v) is 3.74. The number of hydrogen-bond acceptors (Lipinski definition) is 2. The van der Waals surface area contributed by atoms with Crippen molar-refractivity contribution in [3.8, 4) is 5.75 Å². The van der Waals surface area contributed by atoms with Gasteiger partial charge < -0.3 is 15.0 Å². The fraction of sp³-hybridized carbons (Fsp3) is 0.318. The fourth-order valence-electron chi connectivity index (χ4n) is 3.74. The largest absolute Gasteiger partial charge is 0.497 e. The Kier molecular flexibility index (Phi) is 4.41. The van der Waals surface area contributed by atoms with Gasteiger partial charge >= 0.3 is 0 Å². The standard InChI is InChI=1S/C22H24N2O2/c1-14(16-8-7-15-5-3-4-6-17(15)11-16)23-22(25)21-13-18-12-19(26-2)9-10-20(18)24-21/h7-14,24H,3-6H2,1-2H3,(H,23,25). The Hall–Kier alpha value is -2.75. The topological polar surface area (TPSA) is 54.1 Å². The maximum Gasteiger partial charge on any atom is 0.268 e. The normalized spacial score (nSPS) is 14.7. The predicted molar refractivity (Wildman–Crippen MR) is 104 cm³/mol. The van der Waals surface area contributed by atoms with Crippen LogP contribution in [0.5, 0.6) is 5.75 Å². The molecule has 0 saturated carbocycles. The van der Waals surface area contributed by atoms with Crippen molar-refractivity contribution in [1.82, 2.24) is 10.3 Å². The van der Waals surface area contributed by atoms with Gasteiger partial charge in [0.25, 0.3) is 5.91 Å². The van der Waals surface area contributed by atoms with Crippen molar-refractivity contribution in [3.05, 3.63) is 64.8 Å². The second-order valence-corrected chi connectivity index (χ2v) is 7.07. The third kappa shape index (κ3) is 3.19. The number of ether oxygens (including phenoxy) is 1. The number of methoxy groups -OCH3 is 1. The maximum atomic E-state index is 12.7. The van der Waals surface area contributed by atoms with Crippen molar-refractivity contribution in [2.75, 3.05) is 7.11 Å². The Bertz CT molecular complexity index is 958. The molecule has 4 heteroatoms. The third-order valence-electron chi connectivity index (χ3n) is 5.29. The number of rotatable bonds is 4. The lowest BCUT2D eigenvalue weighted by atomic mass is 9.89. The summed E-state index contributed by atoms with van der Waals surface area (Å²) >= 11 is 0. The van der Waals surface area contributed by atoms with Gasteiger partial charge in [-0.1, -0.05) is 18.2 Å². The first kappa shape index (κ1) is 16.7. The molecule has 4 rings (SSSR count). The van der Waals surface area contributed by atoms with Crippen LogP contribution >= 0.6 is 0 Å². The lowest BCUT2D eigenvalue weighted by Crippen LogP contribution is -2.27. The molecule has 0 fully saturated rings. The number of carbonyl (C=O) groups excluding carboxylic acids is 1. The zero-order valence-electron chi connectivity index (χ0n) is 15.3. The zero-order chi connectivity index (χ0) is 18.1. The van der Waals surface area contributed by atoms with Gasteiger partial charge in [0.05, 0.1) is 13.2 Å². The molecule has 1 aliphatic rings. The summed E-state index contributed by atoms with van der Waals surface area (Å²) in [7, 11) is 1.64. The van der Waals surface area contributed by atoms with E-state index in [1.54, 1.807) is 7.11 Å². The van der Waals surface area contributed by atoms with Crippen molar-refractivity contribution < 1.29 is 9.53 Å². The summed E-state index contributed by atoms with van der Waals surface area (Å²) in [5.41, 5.74) is 5.56. The van der Waals surface area contributed by atoms with E-state index in [0.717, 1.165) is 28.6 Å². The lowest BCUT2D eigenvalue weighted by molar-refractivity contribution is 0.0935. The van der Waals surface area contributed by atoms with E-state index in [1.165, 1.54) is 30.4 Å². The van der Waals surface area contributed by atoms with Gasteiger partial charge in [-0.25, -0.2) is 0 Å². The number of aryl methyl sites for hydroxylation is 2. The Morgan fingerprint density at radius 1 is 1.08 bits per heavy atom. The monoisotopic (exact) mass is 348 g/mol. The molecule has 1 amide bonds. The Balaban J connectivity index is 1.52. The molecule has 0 bridgehead atoms. The van der Waals surface area contributed by atoms with Gasteiger partial charge in [-0.2, -0.15) is 0 Å². The van der Waals surface area contributed by atoms with E-state index in [9.17, 15) is 4.79 Å². The third-order valence-corrected chi connectivity index (χ3v) is 5.29. The zero-order valence-corrected chi connectivity index (χ0v) is 15.3. The summed E-state index contributed by atoms with van der Waals surface area (Å²) in [5, 5.41) is 4.08. The number of carbonyl (C=O) groups is 1. The summed E-state index contributed by atoms with van der Waals surface area (Å²) in [5.74, 6) is 0.691. The maximum absolute atomic E-state index is 12.7. The van der Waals surface area contributed by atoms with E-state index in [4.69, 9.17) is 4.74 Å². The Morgan fingerprint density at radius 3 is 2.69 bits per heavy atom. The van der Waals surface area contributed by atoms with Gasteiger partial charge in [-0.15, -0.1) is 0 Å². The van der Waals surface area contributed by atoms with Crippen LogP contribution in [0.2, 0.25) is 0 Å². The molecule has 3 aromatic rings. The van der Waals surface area contributed by atoms with Crippen molar-refractivity contribution in [1.29, 1.82) is 0 Å². The average molecular weight is 348 g/mol. The highest BCUT2D eigenvalue weighted by molar-refractivity contribution is 5.98. The molecule has 0 radical (unpaired) electrons. The molecule has 1 aromatic heterocycles. The average Bonchev–Trinajstić information content (AvgIpc) is 3.10. The molecule has 0 saturated heterocycles. The molecule has 134 valence electrons. The van der Waals surface area contributed by atoms with Crippen LogP contribution in [0.1, 0.15) is 53.0 Å². The van der Waals surface area contributed by atoms with Crippen LogP contribution in [0, 0.1) is 0 Å². The van der Waals surface area contributed by atoms with E-state index in [2.05, 4.69) is 28.5 Å². The smallest absolute Gasteiger partial charge is 0.268 e. The highest BCUT2D eigenvalue weighted by Gasteiger charge is 2.16. The van der Waals surface area contributed by atoms with Gasteiger partial charge in [-0.05, 0) is 73.6 Å². The molecule has 1 unspecified atom stereocenters. The van der Waals surface area contributed by atoms with E-state index < -0.39 is 0 Å². The molecular weight excluding hydrogens is 324 g/mol. The van der Waals surface area contributed by atoms with Crippen molar-refractivity contribution in [2.45, 2.75) is 38.6 Å². The molecule has 26 heavy (non-hydrogen) atoms. The van der Waals surface area contributed by atoms with Crippen LogP contribution in [0.4, 0.5) is 0 Å². The first-order valence-electron chi connectivity index (χ1n) is 9.23. The van der Waals surface area contributed by atoms with Gasteiger partial charge in [0.1, 0.15) is 11.4 Å². The second kappa shape index (κ2) is 6.87. The second-order valence-electron chi connectivity index (χ2n) is 7.07. The number of benzene rings is 2. The van der Waals surface area contributed by atoms with Gasteiger partial charge in [0.15, 0.2) is 0 Å². The van der Waals surface area contributed by atoms with Crippen molar-refractivity contribution in [3.63, 3.8) is 0 Å². The molecule has 1 aliphatic carbocycles. The first-order valence-corrected chi connectivity index (χ1v) is 9.23. The van der Waals surface area contributed by atoms with Crippen LogP contribution in [-0.2, 0) is 12.8 Å². The number of fused-ring (bicyclic) bond motifs is 2. The number of aromatic nitrogens is 1. The summed E-state index contributed by atoms with van der Waals surface area (Å²) in [6.45, 7) is 2.04. The molecule has 2 N–H and O–H groups in total. The number of H-pyrrole nitrogens is 1. The van der Waals surface area contributed by atoms with E-state index >= 15 is 0 Å². The number of hydrogen-bond donors (Lipinski definition) is 2. The van der Waals surface area contributed by atoms with Crippen LogP contribution in [0.25, 0.3) is 10.9 Å². The molecule has 2 aromatic carbocycles. The highest BCUT2D eigenvalue weighted by atomic mass is 16.5. The van der Waals surface area contributed by atoms with Crippen LogP contribution in [-0.4, -0.2) is 18.0 Å². The predicted octanol–water partition coefficient (Wildman–Crippen LogP) is 4.55. The lowest BCUT2D eigenvalue weighted by Gasteiger charge is -2.20. The van der Waals surface area contributed by atoms with E-state index in [-0.39, 0.29) is 11.9 Å². The van der Waals surface area contributed by atoms with Gasteiger partial charge in [0, 0.05) is 10.9 Å². The number of aromatic amines is 1. The Morgan fingerprint density at radius 2 is 1.88 bits per heavy atom. The highest BCUT2D eigenvalue weighted by Crippen LogP contribution is 2.25. The summed E-state index contributed by atoms with van der Waals surface area (Å²) in [4.78, 5) is 15.9.